The summed E-state index contributed by atoms with van der Waals surface area (Å²) < 4.78 is 39.2. The number of aromatic nitrogens is 2. The molecule has 2 heterocycles. The van der Waals surface area contributed by atoms with E-state index in [-0.39, 0.29) is 17.4 Å². The Hall–Kier alpha value is -3.16. The highest BCUT2D eigenvalue weighted by atomic mass is 19.4. The largest absolute Gasteiger partial charge is 0.416 e. The minimum Gasteiger partial charge on any atom is -0.338 e. The third kappa shape index (κ3) is 3.94. The number of benzene rings is 2. The minimum atomic E-state index is -4.39. The number of piperidine rings is 1. The molecular weight excluding hydrogens is 395 g/mol. The summed E-state index contributed by atoms with van der Waals surface area (Å²) in [4.78, 5) is 33.6. The van der Waals surface area contributed by atoms with Crippen LogP contribution >= 0.6 is 0 Å². The predicted octanol–water partition coefficient (Wildman–Crippen LogP) is 4.27. The lowest BCUT2D eigenvalue weighted by Crippen LogP contribution is -2.39. The van der Waals surface area contributed by atoms with Crippen molar-refractivity contribution in [2.75, 3.05) is 13.1 Å². The standard InChI is InChI=1S/C22H20F3N3O2/c1-13-26-19-11-15(7-8-18(19)20(29)27-13)21(30)28-9-3-5-16(12-28)14-4-2-6-17(10-14)22(23,24)25/h2,4,6-8,10-11,16H,3,5,9,12H2,1H3,(H,26,27,29). The van der Waals surface area contributed by atoms with Gasteiger partial charge in [0.15, 0.2) is 0 Å². The molecule has 1 aromatic heterocycles. The Kier molecular flexibility index (Phi) is 5.09. The minimum absolute atomic E-state index is 0.159. The summed E-state index contributed by atoms with van der Waals surface area (Å²) in [6.45, 7) is 2.55. The van der Waals surface area contributed by atoms with Crippen LogP contribution < -0.4 is 5.56 Å². The normalized spacial score (nSPS) is 17.3. The predicted molar refractivity (Wildman–Crippen MR) is 106 cm³/mol. The van der Waals surface area contributed by atoms with Crippen LogP contribution in [0.25, 0.3) is 10.9 Å². The van der Waals surface area contributed by atoms with Gasteiger partial charge < -0.3 is 9.88 Å². The van der Waals surface area contributed by atoms with Crippen molar-refractivity contribution >= 4 is 16.8 Å². The first-order valence-corrected chi connectivity index (χ1v) is 9.69. The fourth-order valence-electron chi connectivity index (χ4n) is 3.97. The summed E-state index contributed by atoms with van der Waals surface area (Å²) in [5.41, 5.74) is 0.492. The lowest BCUT2D eigenvalue weighted by Gasteiger charge is -2.33. The number of alkyl halides is 3. The maximum absolute atomic E-state index is 13.1. The molecule has 2 aromatic carbocycles. The third-order valence-electron chi connectivity index (χ3n) is 5.47. The zero-order valence-electron chi connectivity index (χ0n) is 16.3. The second-order valence-electron chi connectivity index (χ2n) is 7.60. The van der Waals surface area contributed by atoms with Crippen molar-refractivity contribution in [1.82, 2.24) is 14.9 Å². The van der Waals surface area contributed by atoms with Gasteiger partial charge in [0, 0.05) is 24.6 Å². The van der Waals surface area contributed by atoms with Crippen molar-refractivity contribution in [3.05, 3.63) is 75.3 Å². The zero-order valence-corrected chi connectivity index (χ0v) is 16.3. The van der Waals surface area contributed by atoms with Crippen molar-refractivity contribution < 1.29 is 18.0 Å². The molecule has 1 unspecified atom stereocenters. The highest BCUT2D eigenvalue weighted by molar-refractivity contribution is 5.97. The molecule has 0 aliphatic carbocycles. The molecule has 1 fully saturated rings. The second-order valence-corrected chi connectivity index (χ2v) is 7.60. The average molecular weight is 415 g/mol. The fourth-order valence-corrected chi connectivity index (χ4v) is 3.97. The number of aromatic amines is 1. The monoisotopic (exact) mass is 415 g/mol. The van der Waals surface area contributed by atoms with Crippen molar-refractivity contribution in [2.24, 2.45) is 0 Å². The molecule has 156 valence electrons. The van der Waals surface area contributed by atoms with E-state index in [1.807, 2.05) is 0 Å². The maximum atomic E-state index is 13.1. The summed E-state index contributed by atoms with van der Waals surface area (Å²) in [5.74, 6) is 0.0849. The molecule has 0 spiro atoms. The Bertz CT molecular complexity index is 1170. The van der Waals surface area contributed by atoms with Gasteiger partial charge in [0.1, 0.15) is 5.82 Å². The van der Waals surface area contributed by atoms with E-state index in [1.165, 1.54) is 12.1 Å². The van der Waals surface area contributed by atoms with Crippen LogP contribution in [0.1, 0.15) is 46.1 Å². The molecule has 1 saturated heterocycles. The van der Waals surface area contributed by atoms with E-state index in [0.717, 1.165) is 12.5 Å². The first-order chi connectivity index (χ1) is 14.2. The lowest BCUT2D eigenvalue weighted by molar-refractivity contribution is -0.137. The molecule has 1 amide bonds. The number of H-pyrrole nitrogens is 1. The summed E-state index contributed by atoms with van der Waals surface area (Å²) in [6, 6.07) is 10.1. The van der Waals surface area contributed by atoms with E-state index in [9.17, 15) is 22.8 Å². The molecule has 1 aliphatic heterocycles. The van der Waals surface area contributed by atoms with Gasteiger partial charge in [0.2, 0.25) is 0 Å². The number of nitrogens with one attached hydrogen (secondary N) is 1. The van der Waals surface area contributed by atoms with Gasteiger partial charge in [0.05, 0.1) is 16.5 Å². The lowest BCUT2D eigenvalue weighted by atomic mass is 9.89. The molecule has 3 aromatic rings. The average Bonchev–Trinajstić information content (AvgIpc) is 2.72. The Morgan fingerprint density at radius 1 is 1.20 bits per heavy atom. The molecule has 0 saturated carbocycles. The number of carbonyl (C=O) groups excluding carboxylic acids is 1. The number of hydrogen-bond donors (Lipinski definition) is 1. The first-order valence-electron chi connectivity index (χ1n) is 9.69. The van der Waals surface area contributed by atoms with E-state index in [2.05, 4.69) is 9.97 Å². The van der Waals surface area contributed by atoms with Gasteiger partial charge in [-0.05, 0) is 49.6 Å². The second kappa shape index (κ2) is 7.59. The number of halogens is 3. The molecule has 30 heavy (non-hydrogen) atoms. The Morgan fingerprint density at radius 2 is 2.00 bits per heavy atom. The summed E-state index contributed by atoms with van der Waals surface area (Å²) >= 11 is 0. The van der Waals surface area contributed by atoms with Crippen molar-refractivity contribution in [1.29, 1.82) is 0 Å². The van der Waals surface area contributed by atoms with Crippen molar-refractivity contribution in [3.63, 3.8) is 0 Å². The maximum Gasteiger partial charge on any atom is 0.416 e. The molecular formula is C22H20F3N3O2. The molecule has 0 radical (unpaired) electrons. The van der Waals surface area contributed by atoms with E-state index in [0.29, 0.717) is 47.4 Å². The third-order valence-corrected chi connectivity index (χ3v) is 5.47. The molecule has 1 atom stereocenters. The number of hydrogen-bond acceptors (Lipinski definition) is 3. The summed E-state index contributed by atoms with van der Waals surface area (Å²) in [7, 11) is 0. The van der Waals surface area contributed by atoms with Crippen LogP contribution in [0.2, 0.25) is 0 Å². The number of aryl methyl sites for hydroxylation is 1. The topological polar surface area (TPSA) is 66.1 Å². The molecule has 1 aliphatic rings. The van der Waals surface area contributed by atoms with Crippen LogP contribution in [0.4, 0.5) is 13.2 Å². The number of amides is 1. The van der Waals surface area contributed by atoms with Gasteiger partial charge in [-0.1, -0.05) is 18.2 Å². The van der Waals surface area contributed by atoms with Crippen LogP contribution in [0, 0.1) is 6.92 Å². The van der Waals surface area contributed by atoms with Crippen molar-refractivity contribution in [2.45, 2.75) is 31.9 Å². The first kappa shape index (κ1) is 20.1. The van der Waals surface area contributed by atoms with E-state index < -0.39 is 11.7 Å². The molecule has 0 bridgehead atoms. The number of nitrogens with zero attached hydrogens (tertiary/aromatic N) is 2. The van der Waals surface area contributed by atoms with Crippen LogP contribution in [0.3, 0.4) is 0 Å². The quantitative estimate of drug-likeness (QED) is 0.680. The van der Waals surface area contributed by atoms with Gasteiger partial charge >= 0.3 is 6.18 Å². The van der Waals surface area contributed by atoms with Gasteiger partial charge in [-0.25, -0.2) is 4.98 Å². The Labute approximate surface area is 170 Å². The van der Waals surface area contributed by atoms with Gasteiger partial charge in [-0.3, -0.25) is 9.59 Å². The van der Waals surface area contributed by atoms with Crippen molar-refractivity contribution in [3.8, 4) is 0 Å². The van der Waals surface area contributed by atoms with E-state index in [4.69, 9.17) is 0 Å². The van der Waals surface area contributed by atoms with E-state index in [1.54, 1.807) is 36.1 Å². The van der Waals surface area contributed by atoms with Gasteiger partial charge in [-0.2, -0.15) is 13.2 Å². The molecule has 5 nitrogen and oxygen atoms in total. The SMILES string of the molecule is Cc1nc2cc(C(=O)N3CCCC(c4cccc(C(F)(F)F)c4)C3)ccc2c(=O)[nH]1. The zero-order chi connectivity index (χ0) is 21.5. The van der Waals surface area contributed by atoms with Crippen LogP contribution in [0.15, 0.2) is 47.3 Å². The molecule has 4 rings (SSSR count). The number of fused-ring (bicyclic) bond motifs is 1. The Balaban J connectivity index is 1.58. The fraction of sp³-hybridized carbons (Fsp3) is 0.318. The van der Waals surface area contributed by atoms with Gasteiger partial charge in [0.25, 0.3) is 11.5 Å². The van der Waals surface area contributed by atoms with Crippen LogP contribution in [0.5, 0.6) is 0 Å². The summed E-state index contributed by atoms with van der Waals surface area (Å²) in [6.07, 6.45) is -2.97. The van der Waals surface area contributed by atoms with Gasteiger partial charge in [-0.15, -0.1) is 0 Å². The highest BCUT2D eigenvalue weighted by Crippen LogP contribution is 2.34. The van der Waals surface area contributed by atoms with E-state index >= 15 is 0 Å². The number of likely N-dealkylation sites (tertiary alicyclic amines) is 1. The highest BCUT2D eigenvalue weighted by Gasteiger charge is 2.32. The summed E-state index contributed by atoms with van der Waals surface area (Å²) in [5, 5.41) is 0.401. The number of carbonyl (C=O) groups is 1. The molecule has 1 N–H and O–H groups in total. The Morgan fingerprint density at radius 3 is 2.77 bits per heavy atom. The number of rotatable bonds is 2. The molecule has 8 heteroatoms. The van der Waals surface area contributed by atoms with Crippen LogP contribution in [-0.2, 0) is 6.18 Å². The van der Waals surface area contributed by atoms with Crippen LogP contribution in [-0.4, -0.2) is 33.9 Å². The smallest absolute Gasteiger partial charge is 0.338 e.